The summed E-state index contributed by atoms with van der Waals surface area (Å²) in [5, 5.41) is 0. The number of nitrogens with one attached hydrogen (secondary N) is 1. The van der Waals surface area contributed by atoms with E-state index >= 15 is 0 Å². The Morgan fingerprint density at radius 2 is 1.72 bits per heavy atom. The molecule has 5 atom stereocenters. The van der Waals surface area contributed by atoms with Gasteiger partial charge < -0.3 is 10.3 Å². The van der Waals surface area contributed by atoms with E-state index < -0.39 is 49.6 Å². The Bertz CT molecular complexity index is 913. The predicted octanol–water partition coefficient (Wildman–Crippen LogP) is 2.60. The minimum absolute atomic E-state index is 0.00200. The van der Waals surface area contributed by atoms with Crippen molar-refractivity contribution in [2.75, 3.05) is 12.3 Å². The number of rotatable bonds is 8. The molecule has 3 rings (SSSR count). The Kier molecular flexibility index (Phi) is 7.88. The lowest BCUT2D eigenvalue weighted by Crippen LogP contribution is -2.54. The van der Waals surface area contributed by atoms with Gasteiger partial charge in [0.2, 0.25) is 10.0 Å². The number of piperidine rings is 1. The average molecular weight is 496 g/mol. The zero-order chi connectivity index (χ0) is 23.8. The monoisotopic (exact) mass is 495 g/mol. The van der Waals surface area contributed by atoms with Crippen LogP contribution in [0.5, 0.6) is 0 Å². The lowest BCUT2D eigenvalue weighted by Gasteiger charge is -2.41. The van der Waals surface area contributed by atoms with Crippen LogP contribution in [0.15, 0.2) is 12.1 Å². The van der Waals surface area contributed by atoms with Gasteiger partial charge in [0.05, 0.1) is 11.8 Å². The maximum atomic E-state index is 14.4. The molecular formula is C21H32F3N3O3S2. The maximum absolute atomic E-state index is 14.4. The van der Waals surface area contributed by atoms with Crippen LogP contribution < -0.4 is 10.5 Å². The van der Waals surface area contributed by atoms with Gasteiger partial charge in [0.1, 0.15) is 10.6 Å². The highest BCUT2D eigenvalue weighted by Crippen LogP contribution is 2.42. The van der Waals surface area contributed by atoms with Crippen LogP contribution in [-0.2, 0) is 27.8 Å². The van der Waals surface area contributed by atoms with E-state index in [0.29, 0.717) is 18.9 Å². The number of halogens is 3. The summed E-state index contributed by atoms with van der Waals surface area (Å²) in [4.78, 5) is 0. The summed E-state index contributed by atoms with van der Waals surface area (Å²) in [6, 6.07) is 0.481. The number of nitrogens with zero attached hydrogens (tertiary/aromatic N) is 1. The number of nitrogens with two attached hydrogens (primary N) is 1. The minimum atomic E-state index is -3.46. The first-order chi connectivity index (χ1) is 14.8. The highest BCUT2D eigenvalue weighted by atomic mass is 32.2. The van der Waals surface area contributed by atoms with E-state index in [1.165, 1.54) is 0 Å². The Balaban J connectivity index is 1.86. The van der Waals surface area contributed by atoms with Crippen molar-refractivity contribution in [2.24, 2.45) is 11.7 Å². The van der Waals surface area contributed by atoms with E-state index in [2.05, 4.69) is 4.72 Å². The van der Waals surface area contributed by atoms with Crippen molar-refractivity contribution in [3.05, 3.63) is 35.1 Å². The second kappa shape index (κ2) is 9.79. The molecule has 0 radical (unpaired) electrons. The summed E-state index contributed by atoms with van der Waals surface area (Å²) in [6.07, 6.45) is 2.50. The Morgan fingerprint density at radius 3 is 2.25 bits per heavy atom. The SMILES string of the molecule is CC(C)(C)[S@+]([O-])N[C@@H](Cc1cc(F)c(F)cc1F)[C@@H]1C[C@H]2CC[C@@H](C1)N2S(=O)(=O)CCN. The van der Waals surface area contributed by atoms with Crippen LogP contribution in [0.4, 0.5) is 13.2 Å². The molecule has 2 aliphatic rings. The van der Waals surface area contributed by atoms with Crippen molar-refractivity contribution in [3.8, 4) is 0 Å². The molecule has 2 bridgehead atoms. The van der Waals surface area contributed by atoms with Crippen LogP contribution in [0.3, 0.4) is 0 Å². The van der Waals surface area contributed by atoms with Gasteiger partial charge >= 0.3 is 0 Å². The predicted molar refractivity (Wildman–Crippen MR) is 119 cm³/mol. The number of benzene rings is 1. The van der Waals surface area contributed by atoms with Crippen molar-refractivity contribution >= 4 is 21.4 Å². The molecule has 0 saturated carbocycles. The van der Waals surface area contributed by atoms with E-state index in [1.807, 2.05) is 0 Å². The van der Waals surface area contributed by atoms with Crippen molar-refractivity contribution < 1.29 is 26.1 Å². The van der Waals surface area contributed by atoms with E-state index in [9.17, 15) is 26.1 Å². The molecule has 2 fully saturated rings. The number of sulfonamides is 1. The van der Waals surface area contributed by atoms with E-state index in [1.54, 1.807) is 25.1 Å². The molecule has 2 saturated heterocycles. The van der Waals surface area contributed by atoms with Gasteiger partial charge in [-0.1, -0.05) is 0 Å². The quantitative estimate of drug-likeness (QED) is 0.427. The molecule has 0 aliphatic carbocycles. The van der Waals surface area contributed by atoms with Gasteiger partial charge in [-0.25, -0.2) is 21.6 Å². The van der Waals surface area contributed by atoms with Crippen LogP contribution in [0, 0.1) is 23.4 Å². The molecular weight excluding hydrogens is 463 g/mol. The van der Waals surface area contributed by atoms with E-state index in [-0.39, 0.29) is 42.3 Å². The summed E-state index contributed by atoms with van der Waals surface area (Å²) in [5.74, 6) is -3.47. The van der Waals surface area contributed by atoms with Crippen molar-refractivity contribution in [1.82, 2.24) is 9.03 Å². The fourth-order valence-corrected chi connectivity index (χ4v) is 7.49. The first-order valence-electron chi connectivity index (χ1n) is 10.9. The lowest BCUT2D eigenvalue weighted by molar-refractivity contribution is 0.165. The van der Waals surface area contributed by atoms with Crippen LogP contribution in [-0.4, -0.2) is 52.4 Å². The summed E-state index contributed by atoms with van der Waals surface area (Å²) in [7, 11) is -3.46. The molecule has 0 aromatic heterocycles. The largest absolute Gasteiger partial charge is 0.598 e. The normalized spacial score (nSPS) is 26.3. The molecule has 2 aliphatic heterocycles. The van der Waals surface area contributed by atoms with Gasteiger partial charge in [-0.2, -0.15) is 4.31 Å². The highest BCUT2D eigenvalue weighted by Gasteiger charge is 2.48. The molecule has 11 heteroatoms. The molecule has 0 spiro atoms. The van der Waals surface area contributed by atoms with Gasteiger partial charge in [0.25, 0.3) is 0 Å². The first kappa shape index (κ1) is 25.8. The van der Waals surface area contributed by atoms with Crippen molar-refractivity contribution in [3.63, 3.8) is 0 Å². The van der Waals surface area contributed by atoms with Crippen LogP contribution in [0.25, 0.3) is 0 Å². The smallest absolute Gasteiger partial charge is 0.215 e. The van der Waals surface area contributed by atoms with E-state index in [4.69, 9.17) is 5.73 Å². The van der Waals surface area contributed by atoms with Crippen LogP contribution >= 0.6 is 0 Å². The second-order valence-electron chi connectivity index (χ2n) is 9.72. The Labute approximate surface area is 191 Å². The standard InChI is InChI=1S/C21H32F3N3O3S2/c1-21(2,3)31(28)26-20(11-13-10-18(23)19(24)12-17(13)22)14-8-15-4-5-16(9-14)27(15)32(29,30)7-6-25/h10,12,14-16,20,26H,4-9,11,25H2,1-3H3/t14-,15-,16+,20-,31-/m0/s1. The van der Waals surface area contributed by atoms with Gasteiger partial charge in [-0.05, 0) is 70.4 Å². The highest BCUT2D eigenvalue weighted by molar-refractivity contribution is 7.90. The number of hydrogen-bond acceptors (Lipinski definition) is 5. The van der Waals surface area contributed by atoms with Gasteiger partial charge in [-0.15, -0.1) is 4.72 Å². The first-order valence-corrected chi connectivity index (χ1v) is 13.6. The molecule has 1 aromatic rings. The number of hydrogen-bond donors (Lipinski definition) is 2. The summed E-state index contributed by atoms with van der Waals surface area (Å²) in [6.45, 7) is 5.46. The molecule has 2 heterocycles. The molecule has 6 nitrogen and oxygen atoms in total. The molecule has 0 amide bonds. The molecule has 1 aromatic carbocycles. The third kappa shape index (κ3) is 5.61. The van der Waals surface area contributed by atoms with Gasteiger partial charge in [-0.3, -0.25) is 0 Å². The third-order valence-electron chi connectivity index (χ3n) is 6.31. The third-order valence-corrected chi connectivity index (χ3v) is 9.93. The second-order valence-corrected chi connectivity index (χ2v) is 13.7. The summed E-state index contributed by atoms with van der Waals surface area (Å²) in [5.41, 5.74) is 5.48. The van der Waals surface area contributed by atoms with E-state index in [0.717, 1.165) is 18.9 Å². The Hall–Kier alpha value is -0.850. The fraction of sp³-hybridized carbons (Fsp3) is 0.714. The molecule has 182 valence electrons. The van der Waals surface area contributed by atoms with Gasteiger partial charge in [0, 0.05) is 36.1 Å². The lowest BCUT2D eigenvalue weighted by atomic mass is 9.83. The average Bonchev–Trinajstić information content (AvgIpc) is 2.96. The van der Waals surface area contributed by atoms with Crippen LogP contribution in [0.2, 0.25) is 0 Å². The van der Waals surface area contributed by atoms with Gasteiger partial charge in [0.15, 0.2) is 11.6 Å². The topological polar surface area (TPSA) is 98.5 Å². The maximum Gasteiger partial charge on any atom is 0.215 e. The number of fused-ring (bicyclic) bond motifs is 2. The Morgan fingerprint density at radius 1 is 1.16 bits per heavy atom. The zero-order valence-corrected chi connectivity index (χ0v) is 20.2. The van der Waals surface area contributed by atoms with Crippen molar-refractivity contribution in [1.29, 1.82) is 0 Å². The fourth-order valence-electron chi connectivity index (χ4n) is 4.79. The molecule has 32 heavy (non-hydrogen) atoms. The van der Waals surface area contributed by atoms with Crippen molar-refractivity contribution in [2.45, 2.75) is 75.7 Å². The zero-order valence-electron chi connectivity index (χ0n) is 18.6. The molecule has 0 unspecified atom stereocenters. The molecule has 3 N–H and O–H groups in total. The summed E-state index contributed by atoms with van der Waals surface area (Å²) >= 11 is -1.48. The minimum Gasteiger partial charge on any atom is -0.598 e. The summed E-state index contributed by atoms with van der Waals surface area (Å²) < 4.78 is 83.9. The van der Waals surface area contributed by atoms with Crippen LogP contribution in [0.1, 0.15) is 52.0 Å².